The Labute approximate surface area is 108 Å². The summed E-state index contributed by atoms with van der Waals surface area (Å²) in [6.45, 7) is 0.302. The van der Waals surface area contributed by atoms with Gasteiger partial charge < -0.3 is 5.11 Å². The third-order valence-electron chi connectivity index (χ3n) is 2.57. The number of carboxylic acids is 1. The van der Waals surface area contributed by atoms with Crippen molar-refractivity contribution in [3.8, 4) is 0 Å². The first-order valence-corrected chi connectivity index (χ1v) is 7.16. The van der Waals surface area contributed by atoms with E-state index < -0.39 is 16.0 Å². The van der Waals surface area contributed by atoms with Gasteiger partial charge in [0.25, 0.3) is 0 Å². The molecule has 0 aliphatic heterocycles. The van der Waals surface area contributed by atoms with Gasteiger partial charge in [-0.25, -0.2) is 23.0 Å². The summed E-state index contributed by atoms with van der Waals surface area (Å²) < 4.78 is 23.1. The van der Waals surface area contributed by atoms with Crippen molar-refractivity contribution in [3.63, 3.8) is 0 Å². The molecule has 2 rings (SSSR count). The lowest BCUT2D eigenvalue weighted by Crippen LogP contribution is -2.18. The van der Waals surface area contributed by atoms with Crippen LogP contribution in [0.1, 0.15) is 16.8 Å². The van der Waals surface area contributed by atoms with Crippen molar-refractivity contribution in [2.45, 2.75) is 13.0 Å². The lowest BCUT2D eigenvalue weighted by Gasteiger charge is -2.01. The number of primary sulfonamides is 1. The van der Waals surface area contributed by atoms with Gasteiger partial charge in [0.1, 0.15) is 5.52 Å². The van der Waals surface area contributed by atoms with Crippen LogP contribution in [0.2, 0.25) is 0 Å². The minimum absolute atomic E-state index is 0.0650. The predicted molar refractivity (Wildman–Crippen MR) is 67.1 cm³/mol. The molecule has 1 heterocycles. The number of nitrogens with zero attached hydrogens (tertiary/aromatic N) is 3. The number of carbonyl (C=O) groups is 1. The van der Waals surface area contributed by atoms with Gasteiger partial charge in [-0.2, -0.15) is 0 Å². The predicted octanol–water partition coefficient (Wildman–Crippen LogP) is -0.192. The van der Waals surface area contributed by atoms with Crippen LogP contribution >= 0.6 is 0 Å². The lowest BCUT2D eigenvalue weighted by atomic mass is 10.2. The van der Waals surface area contributed by atoms with E-state index >= 15 is 0 Å². The Kier molecular flexibility index (Phi) is 3.49. The zero-order valence-corrected chi connectivity index (χ0v) is 10.7. The molecule has 0 unspecified atom stereocenters. The molecular formula is C10H12N4O4S. The van der Waals surface area contributed by atoms with E-state index in [0.29, 0.717) is 12.1 Å². The maximum absolute atomic E-state index is 11.0. The number of aromatic carboxylic acids is 1. The minimum atomic E-state index is -3.51. The molecule has 0 radical (unpaired) electrons. The molecule has 3 N–H and O–H groups in total. The third kappa shape index (κ3) is 3.06. The van der Waals surface area contributed by atoms with Crippen LogP contribution < -0.4 is 5.14 Å². The number of benzene rings is 1. The molecule has 19 heavy (non-hydrogen) atoms. The third-order valence-corrected chi connectivity index (χ3v) is 3.43. The molecule has 0 saturated heterocycles. The summed E-state index contributed by atoms with van der Waals surface area (Å²) >= 11 is 0. The number of sulfonamides is 1. The van der Waals surface area contributed by atoms with Gasteiger partial charge in [0.05, 0.1) is 16.8 Å². The molecule has 0 saturated carbocycles. The molecule has 1 aromatic heterocycles. The number of carboxylic acid groups (broad SMARTS) is 1. The second-order valence-electron chi connectivity index (χ2n) is 4.01. The molecule has 8 nitrogen and oxygen atoms in total. The summed E-state index contributed by atoms with van der Waals surface area (Å²) in [5, 5.41) is 21.5. The Morgan fingerprint density at radius 3 is 2.79 bits per heavy atom. The first kappa shape index (κ1) is 13.4. The lowest BCUT2D eigenvalue weighted by molar-refractivity contribution is 0.0699. The van der Waals surface area contributed by atoms with Gasteiger partial charge in [0.15, 0.2) is 0 Å². The molecule has 1 aromatic carbocycles. The van der Waals surface area contributed by atoms with Crippen LogP contribution in [0, 0.1) is 0 Å². The summed E-state index contributed by atoms with van der Waals surface area (Å²) in [7, 11) is -3.51. The fourth-order valence-electron chi connectivity index (χ4n) is 1.74. The molecule has 0 fully saturated rings. The van der Waals surface area contributed by atoms with E-state index in [-0.39, 0.29) is 23.3 Å². The van der Waals surface area contributed by atoms with Crippen molar-refractivity contribution < 1.29 is 18.3 Å². The first-order chi connectivity index (χ1) is 8.88. The number of hydrogen-bond acceptors (Lipinski definition) is 5. The number of aryl methyl sites for hydroxylation is 1. The van der Waals surface area contributed by atoms with Crippen LogP contribution in [0.4, 0.5) is 0 Å². The summed E-state index contributed by atoms with van der Waals surface area (Å²) in [6, 6.07) is 4.71. The average Bonchev–Trinajstić information content (AvgIpc) is 2.70. The van der Waals surface area contributed by atoms with Crippen molar-refractivity contribution >= 4 is 27.0 Å². The Morgan fingerprint density at radius 1 is 1.42 bits per heavy atom. The van der Waals surface area contributed by atoms with E-state index in [1.54, 1.807) is 12.1 Å². The van der Waals surface area contributed by atoms with Crippen LogP contribution in [-0.4, -0.2) is 40.2 Å². The minimum Gasteiger partial charge on any atom is -0.478 e. The number of fused-ring (bicyclic) bond motifs is 1. The van der Waals surface area contributed by atoms with E-state index in [9.17, 15) is 13.2 Å². The topological polar surface area (TPSA) is 128 Å². The first-order valence-electron chi connectivity index (χ1n) is 5.44. The molecule has 0 atom stereocenters. The molecule has 0 aliphatic rings. The molecule has 2 aromatic rings. The van der Waals surface area contributed by atoms with Gasteiger partial charge in [-0.3, -0.25) is 0 Å². The number of nitrogens with two attached hydrogens (primary N) is 1. The Morgan fingerprint density at radius 2 is 2.16 bits per heavy atom. The van der Waals surface area contributed by atoms with Gasteiger partial charge in [0.2, 0.25) is 10.0 Å². The normalized spacial score (nSPS) is 11.8. The molecular weight excluding hydrogens is 272 g/mol. The maximum atomic E-state index is 11.0. The quantitative estimate of drug-likeness (QED) is 0.783. The highest BCUT2D eigenvalue weighted by molar-refractivity contribution is 7.89. The average molecular weight is 284 g/mol. The molecule has 102 valence electrons. The molecule has 9 heteroatoms. The van der Waals surface area contributed by atoms with E-state index in [1.165, 1.54) is 10.7 Å². The Hall–Kier alpha value is -2.00. The van der Waals surface area contributed by atoms with Crippen LogP contribution in [0.5, 0.6) is 0 Å². The molecule has 0 amide bonds. The fourth-order valence-corrected chi connectivity index (χ4v) is 2.28. The zero-order valence-electron chi connectivity index (χ0n) is 9.85. The van der Waals surface area contributed by atoms with Crippen LogP contribution in [-0.2, 0) is 16.6 Å². The second-order valence-corrected chi connectivity index (χ2v) is 5.75. The maximum Gasteiger partial charge on any atom is 0.338 e. The van der Waals surface area contributed by atoms with Crippen molar-refractivity contribution in [2.24, 2.45) is 5.14 Å². The van der Waals surface area contributed by atoms with Crippen LogP contribution in [0.3, 0.4) is 0 Å². The van der Waals surface area contributed by atoms with E-state index in [2.05, 4.69) is 10.3 Å². The zero-order chi connectivity index (χ0) is 14.0. The SMILES string of the molecule is NS(=O)(=O)CCCn1nnc2c(C(=O)O)cccc21. The van der Waals surface area contributed by atoms with Gasteiger partial charge in [-0.15, -0.1) is 5.10 Å². The second kappa shape index (κ2) is 4.94. The Bertz CT molecular complexity index is 722. The number of rotatable bonds is 5. The fraction of sp³-hybridized carbons (Fsp3) is 0.300. The standard InChI is InChI=1S/C10H12N4O4S/c11-19(17,18)6-2-5-14-8-4-1-3-7(10(15)16)9(8)12-13-14/h1,3-4H,2,5-6H2,(H,15,16)(H2,11,17,18). The summed E-state index contributed by atoms with van der Waals surface area (Å²) in [5.74, 6) is -1.24. The van der Waals surface area contributed by atoms with Crippen molar-refractivity contribution in [3.05, 3.63) is 23.8 Å². The van der Waals surface area contributed by atoms with E-state index in [4.69, 9.17) is 10.2 Å². The summed E-state index contributed by atoms with van der Waals surface area (Å²) in [6.07, 6.45) is 0.286. The smallest absolute Gasteiger partial charge is 0.338 e. The van der Waals surface area contributed by atoms with Crippen LogP contribution in [0.15, 0.2) is 18.2 Å². The summed E-state index contributed by atoms with van der Waals surface area (Å²) in [4.78, 5) is 11.0. The van der Waals surface area contributed by atoms with Crippen LogP contribution in [0.25, 0.3) is 11.0 Å². The van der Waals surface area contributed by atoms with Crippen molar-refractivity contribution in [1.29, 1.82) is 0 Å². The van der Waals surface area contributed by atoms with E-state index in [0.717, 1.165) is 0 Å². The monoisotopic (exact) mass is 284 g/mol. The van der Waals surface area contributed by atoms with Crippen molar-refractivity contribution in [1.82, 2.24) is 15.0 Å². The van der Waals surface area contributed by atoms with E-state index in [1.807, 2.05) is 0 Å². The number of hydrogen-bond donors (Lipinski definition) is 2. The van der Waals surface area contributed by atoms with Gasteiger partial charge in [-0.1, -0.05) is 11.3 Å². The largest absolute Gasteiger partial charge is 0.478 e. The molecule has 0 spiro atoms. The van der Waals surface area contributed by atoms with Gasteiger partial charge in [0, 0.05) is 6.54 Å². The van der Waals surface area contributed by atoms with Gasteiger partial charge in [-0.05, 0) is 18.6 Å². The highest BCUT2D eigenvalue weighted by Gasteiger charge is 2.13. The molecule has 0 bridgehead atoms. The van der Waals surface area contributed by atoms with Crippen molar-refractivity contribution in [2.75, 3.05) is 5.75 Å². The summed E-state index contributed by atoms with van der Waals surface area (Å²) in [5.41, 5.74) is 0.898. The Balaban J connectivity index is 2.26. The molecule has 0 aliphatic carbocycles. The van der Waals surface area contributed by atoms with Gasteiger partial charge >= 0.3 is 5.97 Å². The number of aromatic nitrogens is 3. The highest BCUT2D eigenvalue weighted by atomic mass is 32.2. The highest BCUT2D eigenvalue weighted by Crippen LogP contribution is 2.16.